The Morgan fingerprint density at radius 1 is 1.05 bits per heavy atom. The van der Waals surface area contributed by atoms with E-state index in [0.717, 1.165) is 0 Å². The zero-order valence-corrected chi connectivity index (χ0v) is 13.6. The predicted octanol–water partition coefficient (Wildman–Crippen LogP) is 3.65. The summed E-state index contributed by atoms with van der Waals surface area (Å²) < 4.78 is 5.04. The van der Waals surface area contributed by atoms with E-state index in [1.165, 1.54) is 10.5 Å². The summed E-state index contributed by atoms with van der Waals surface area (Å²) >= 11 is 0. The Hall–Kier alpha value is -1.84. The van der Waals surface area contributed by atoms with E-state index in [-0.39, 0.29) is 17.8 Å². The van der Waals surface area contributed by atoms with Gasteiger partial charge in [0.25, 0.3) is 0 Å². The van der Waals surface area contributed by atoms with Crippen molar-refractivity contribution in [3.63, 3.8) is 0 Å². The molecule has 0 atom stereocenters. The van der Waals surface area contributed by atoms with Gasteiger partial charge >= 0.3 is 6.09 Å². The second kappa shape index (κ2) is 7.25. The number of benzene rings is 1. The largest absolute Gasteiger partial charge is 0.441 e. The number of ketones is 1. The summed E-state index contributed by atoms with van der Waals surface area (Å²) in [6.45, 7) is 11.0. The van der Waals surface area contributed by atoms with E-state index in [4.69, 9.17) is 4.74 Å². The molecule has 21 heavy (non-hydrogen) atoms. The average Bonchev–Trinajstić information content (AvgIpc) is 2.45. The molecular weight excluding hydrogens is 266 g/mol. The second-order valence-electron chi connectivity index (χ2n) is 5.98. The maximum absolute atomic E-state index is 12.0. The van der Waals surface area contributed by atoms with Crippen molar-refractivity contribution in [1.82, 2.24) is 4.90 Å². The molecule has 0 spiro atoms. The van der Waals surface area contributed by atoms with Crippen LogP contribution in [0, 0.1) is 0 Å². The summed E-state index contributed by atoms with van der Waals surface area (Å²) in [5, 5.41) is 0. The van der Waals surface area contributed by atoms with E-state index in [9.17, 15) is 9.59 Å². The fourth-order valence-corrected chi connectivity index (χ4v) is 1.94. The van der Waals surface area contributed by atoms with Gasteiger partial charge in [-0.2, -0.15) is 0 Å². The molecule has 4 heteroatoms. The third kappa shape index (κ3) is 4.88. The number of hydrogen-bond donors (Lipinski definition) is 0. The smallest absolute Gasteiger partial charge is 0.410 e. The third-order valence-electron chi connectivity index (χ3n) is 3.42. The first-order chi connectivity index (χ1) is 9.79. The Labute approximate surface area is 127 Å². The van der Waals surface area contributed by atoms with Crippen LogP contribution in [0.5, 0.6) is 0 Å². The van der Waals surface area contributed by atoms with Crippen molar-refractivity contribution < 1.29 is 14.3 Å². The maximum atomic E-state index is 12.0. The molecule has 1 aromatic rings. The Morgan fingerprint density at radius 2 is 1.57 bits per heavy atom. The molecule has 0 aliphatic heterocycles. The number of amides is 1. The lowest BCUT2D eigenvalue weighted by atomic mass is 9.86. The van der Waals surface area contributed by atoms with Crippen molar-refractivity contribution in [1.29, 1.82) is 0 Å². The quantitative estimate of drug-likeness (QED) is 0.778. The summed E-state index contributed by atoms with van der Waals surface area (Å²) in [5.74, 6) is -0.184. The van der Waals surface area contributed by atoms with Gasteiger partial charge in [-0.15, -0.1) is 0 Å². The molecule has 1 rings (SSSR count). The highest BCUT2D eigenvalue weighted by Crippen LogP contribution is 2.22. The Balaban J connectivity index is 2.62. The molecule has 4 nitrogen and oxygen atoms in total. The molecule has 1 amide bonds. The monoisotopic (exact) mass is 291 g/mol. The van der Waals surface area contributed by atoms with Gasteiger partial charge in [0.2, 0.25) is 0 Å². The standard InChI is InChI=1S/C17H25NO3/c1-6-18(7-2)16(20)21-12-15(19)13-8-10-14(11-9-13)17(3,4)5/h8-11H,6-7,12H2,1-5H3. The van der Waals surface area contributed by atoms with Crippen LogP contribution in [0.2, 0.25) is 0 Å². The van der Waals surface area contributed by atoms with E-state index >= 15 is 0 Å². The van der Waals surface area contributed by atoms with Crippen molar-refractivity contribution in [2.75, 3.05) is 19.7 Å². The summed E-state index contributed by atoms with van der Waals surface area (Å²) in [4.78, 5) is 25.2. The Kier molecular flexibility index (Phi) is 5.94. The Bertz CT molecular complexity index is 482. The van der Waals surface area contributed by atoms with E-state index in [1.54, 1.807) is 12.1 Å². The van der Waals surface area contributed by atoms with Gasteiger partial charge in [-0.05, 0) is 24.8 Å². The molecule has 0 aromatic heterocycles. The molecular formula is C17H25NO3. The maximum Gasteiger partial charge on any atom is 0.410 e. The number of rotatable bonds is 5. The number of carbonyl (C=O) groups excluding carboxylic acids is 2. The van der Waals surface area contributed by atoms with Gasteiger partial charge < -0.3 is 9.64 Å². The van der Waals surface area contributed by atoms with Crippen LogP contribution in [0.3, 0.4) is 0 Å². The minimum Gasteiger partial charge on any atom is -0.441 e. The summed E-state index contributed by atoms with van der Waals surface area (Å²) in [6.07, 6.45) is -0.445. The van der Waals surface area contributed by atoms with Crippen LogP contribution in [0.25, 0.3) is 0 Å². The molecule has 0 unspecified atom stereocenters. The summed E-state index contributed by atoms with van der Waals surface area (Å²) in [7, 11) is 0. The highest BCUT2D eigenvalue weighted by atomic mass is 16.6. The normalized spacial score (nSPS) is 11.1. The molecule has 0 aliphatic rings. The van der Waals surface area contributed by atoms with Gasteiger partial charge in [0.05, 0.1) is 0 Å². The van der Waals surface area contributed by atoms with Gasteiger partial charge in [-0.1, -0.05) is 45.0 Å². The minimum atomic E-state index is -0.445. The van der Waals surface area contributed by atoms with Crippen LogP contribution in [-0.4, -0.2) is 36.5 Å². The molecule has 0 radical (unpaired) electrons. The number of Topliss-reactive ketones (excluding diaryl/α,β-unsaturated/α-hetero) is 1. The van der Waals surface area contributed by atoms with Crippen LogP contribution in [-0.2, 0) is 10.2 Å². The van der Waals surface area contributed by atoms with Crippen LogP contribution < -0.4 is 0 Å². The topological polar surface area (TPSA) is 46.6 Å². The SMILES string of the molecule is CCN(CC)C(=O)OCC(=O)c1ccc(C(C)(C)C)cc1. The molecule has 116 valence electrons. The number of ether oxygens (including phenoxy) is 1. The fraction of sp³-hybridized carbons (Fsp3) is 0.529. The average molecular weight is 291 g/mol. The first kappa shape index (κ1) is 17.2. The van der Waals surface area contributed by atoms with Gasteiger partial charge in [-0.3, -0.25) is 4.79 Å². The van der Waals surface area contributed by atoms with Gasteiger partial charge in [0.1, 0.15) is 0 Å². The second-order valence-corrected chi connectivity index (χ2v) is 5.98. The predicted molar refractivity (Wildman–Crippen MR) is 83.7 cm³/mol. The van der Waals surface area contributed by atoms with Crippen molar-refractivity contribution in [2.45, 2.75) is 40.0 Å². The first-order valence-electron chi connectivity index (χ1n) is 7.35. The van der Waals surface area contributed by atoms with Crippen molar-refractivity contribution in [3.8, 4) is 0 Å². The molecule has 0 N–H and O–H groups in total. The van der Waals surface area contributed by atoms with Gasteiger partial charge in [0.15, 0.2) is 12.4 Å². The fourth-order valence-electron chi connectivity index (χ4n) is 1.94. The van der Waals surface area contributed by atoms with E-state index in [0.29, 0.717) is 18.7 Å². The molecule has 0 saturated carbocycles. The van der Waals surface area contributed by atoms with Crippen molar-refractivity contribution >= 4 is 11.9 Å². The van der Waals surface area contributed by atoms with Crippen LogP contribution in [0.4, 0.5) is 4.79 Å². The molecule has 1 aromatic carbocycles. The highest BCUT2D eigenvalue weighted by molar-refractivity contribution is 5.97. The zero-order chi connectivity index (χ0) is 16.0. The van der Waals surface area contributed by atoms with Crippen LogP contribution in [0.15, 0.2) is 24.3 Å². The minimum absolute atomic E-state index is 0.0524. The highest BCUT2D eigenvalue weighted by Gasteiger charge is 2.16. The lowest BCUT2D eigenvalue weighted by molar-refractivity contribution is 0.0762. The summed E-state index contributed by atoms with van der Waals surface area (Å²) in [5.41, 5.74) is 1.78. The van der Waals surface area contributed by atoms with Crippen molar-refractivity contribution in [2.24, 2.45) is 0 Å². The molecule has 0 heterocycles. The zero-order valence-electron chi connectivity index (χ0n) is 13.6. The molecule has 0 saturated heterocycles. The van der Waals surface area contributed by atoms with Crippen LogP contribution in [0.1, 0.15) is 50.5 Å². The number of carbonyl (C=O) groups is 2. The molecule has 0 aliphatic carbocycles. The number of hydrogen-bond acceptors (Lipinski definition) is 3. The Morgan fingerprint density at radius 3 is 2.00 bits per heavy atom. The van der Waals surface area contributed by atoms with Gasteiger partial charge in [0, 0.05) is 18.7 Å². The molecule has 0 bridgehead atoms. The number of nitrogens with zero attached hydrogens (tertiary/aromatic N) is 1. The van der Waals surface area contributed by atoms with Crippen LogP contribution >= 0.6 is 0 Å². The van der Waals surface area contributed by atoms with Crippen molar-refractivity contribution in [3.05, 3.63) is 35.4 Å². The van der Waals surface area contributed by atoms with Gasteiger partial charge in [-0.25, -0.2) is 4.79 Å². The summed E-state index contributed by atoms with van der Waals surface area (Å²) in [6, 6.07) is 7.46. The van der Waals surface area contributed by atoms with E-state index in [1.807, 2.05) is 26.0 Å². The van der Waals surface area contributed by atoms with E-state index in [2.05, 4.69) is 20.8 Å². The third-order valence-corrected chi connectivity index (χ3v) is 3.42. The van der Waals surface area contributed by atoms with E-state index < -0.39 is 6.09 Å². The molecule has 0 fully saturated rings. The first-order valence-corrected chi connectivity index (χ1v) is 7.35. The lowest BCUT2D eigenvalue weighted by Crippen LogP contribution is -2.32. The lowest BCUT2D eigenvalue weighted by Gasteiger charge is -2.19.